The normalized spacial score (nSPS) is 15.4. The molecule has 3 aliphatic rings. The van der Waals surface area contributed by atoms with Crippen molar-refractivity contribution in [3.8, 4) is 23.0 Å². The summed E-state index contributed by atoms with van der Waals surface area (Å²) < 4.78 is 14.0. The molecule has 0 bridgehead atoms. The van der Waals surface area contributed by atoms with E-state index in [0.717, 1.165) is 28.7 Å². The van der Waals surface area contributed by atoms with Crippen LogP contribution >= 0.6 is 0 Å². The van der Waals surface area contributed by atoms with Gasteiger partial charge in [0.05, 0.1) is 0 Å². The molecule has 0 aliphatic carbocycles. The van der Waals surface area contributed by atoms with Crippen LogP contribution in [0.25, 0.3) is 32.3 Å². The highest BCUT2D eigenvalue weighted by Crippen LogP contribution is 2.52. The number of benzene rings is 7. The zero-order chi connectivity index (χ0) is 25.5. The van der Waals surface area contributed by atoms with Crippen LogP contribution in [-0.4, -0.2) is 8.07 Å². The molecule has 10 rings (SSSR count). The summed E-state index contributed by atoms with van der Waals surface area (Å²) in [7, 11) is -2.52. The second kappa shape index (κ2) is 6.60. The van der Waals surface area contributed by atoms with E-state index in [1.807, 2.05) is 0 Å². The lowest BCUT2D eigenvalue weighted by atomic mass is 9.93. The van der Waals surface area contributed by atoms with E-state index in [9.17, 15) is 0 Å². The first-order chi connectivity index (χ1) is 19.2. The Kier molecular flexibility index (Phi) is 3.42. The molecule has 0 aromatic heterocycles. The molecule has 0 radical (unpaired) electrons. The Bertz CT molecular complexity index is 2080. The Morgan fingerprint density at radius 2 is 1.08 bits per heavy atom. The Hall–Kier alpha value is -4.80. The zero-order valence-corrected chi connectivity index (χ0v) is 22.2. The van der Waals surface area contributed by atoms with Crippen molar-refractivity contribution in [2.45, 2.75) is 6.55 Å². The van der Waals surface area contributed by atoms with E-state index in [-0.39, 0.29) is 0 Å². The monoisotopic (exact) mass is 515 g/mol. The Morgan fingerprint density at radius 3 is 1.67 bits per heavy atom. The molecule has 3 heterocycles. The summed E-state index contributed by atoms with van der Waals surface area (Å²) in [6.07, 6.45) is 0. The lowest BCUT2D eigenvalue weighted by Gasteiger charge is -2.49. The number of fused-ring (bicyclic) bond motifs is 2. The van der Waals surface area contributed by atoms with Crippen LogP contribution in [0.15, 0.2) is 109 Å². The summed E-state index contributed by atoms with van der Waals surface area (Å²) in [4.78, 5) is 2.39. The summed E-state index contributed by atoms with van der Waals surface area (Å²) in [5, 5.41) is 11.3. The molecule has 7 aromatic rings. The van der Waals surface area contributed by atoms with Crippen molar-refractivity contribution in [2.24, 2.45) is 0 Å². The lowest BCUT2D eigenvalue weighted by molar-refractivity contribution is 0.470. The fourth-order valence-electron chi connectivity index (χ4n) is 7.67. The minimum absolute atomic E-state index is 0.971. The molecule has 0 atom stereocenters. The van der Waals surface area contributed by atoms with Crippen LogP contribution in [0.2, 0.25) is 6.55 Å². The van der Waals surface area contributed by atoms with Gasteiger partial charge in [-0.2, -0.15) is 0 Å². The maximum absolute atomic E-state index is 6.98. The number of para-hydroxylation sites is 1. The van der Waals surface area contributed by atoms with Gasteiger partial charge in [-0.15, -0.1) is 0 Å². The quantitative estimate of drug-likeness (QED) is 0.165. The van der Waals surface area contributed by atoms with E-state index in [4.69, 9.17) is 9.47 Å². The molecule has 0 fully saturated rings. The van der Waals surface area contributed by atoms with E-state index in [1.54, 1.807) is 0 Å². The van der Waals surface area contributed by atoms with E-state index in [2.05, 4.69) is 121 Å². The molecule has 182 valence electrons. The maximum Gasteiger partial charge on any atom is 0.170 e. The van der Waals surface area contributed by atoms with E-state index in [0.29, 0.717) is 0 Å². The van der Waals surface area contributed by atoms with Crippen molar-refractivity contribution in [3.63, 3.8) is 0 Å². The standard InChI is InChI=1S/C35H21NO2Si/c1-39-33-25-12-6-14-27(33)37-31-23-18-16-20-8-5-9-21-17-19-24(30(23)29(20)21)32(35(31)39)38-28-15-7-13-26(34(28)39)36(25)22-10-3-2-4-11-22/h2-19H,1H3. The van der Waals surface area contributed by atoms with Gasteiger partial charge in [-0.1, -0.05) is 67.2 Å². The third-order valence-corrected chi connectivity index (χ3v) is 13.6. The molecule has 39 heavy (non-hydrogen) atoms. The summed E-state index contributed by atoms with van der Waals surface area (Å²) in [5.41, 5.74) is 3.56. The minimum atomic E-state index is -2.52. The Balaban J connectivity index is 1.41. The van der Waals surface area contributed by atoms with Crippen molar-refractivity contribution in [2.75, 3.05) is 4.90 Å². The number of hydrogen-bond acceptors (Lipinski definition) is 3. The second-order valence-electron chi connectivity index (χ2n) is 11.0. The van der Waals surface area contributed by atoms with Gasteiger partial charge in [0.25, 0.3) is 0 Å². The van der Waals surface area contributed by atoms with Crippen LogP contribution in [0.3, 0.4) is 0 Å². The first kappa shape index (κ1) is 20.2. The van der Waals surface area contributed by atoms with Gasteiger partial charge in [0.2, 0.25) is 0 Å². The van der Waals surface area contributed by atoms with Gasteiger partial charge >= 0.3 is 0 Å². The number of rotatable bonds is 1. The summed E-state index contributed by atoms with van der Waals surface area (Å²) in [6.45, 7) is 2.50. The number of hydrogen-bond donors (Lipinski definition) is 0. The number of nitrogens with zero attached hydrogens (tertiary/aromatic N) is 1. The predicted molar refractivity (Wildman–Crippen MR) is 162 cm³/mol. The van der Waals surface area contributed by atoms with Crippen LogP contribution in [0, 0.1) is 0 Å². The van der Waals surface area contributed by atoms with Crippen molar-refractivity contribution in [1.82, 2.24) is 0 Å². The summed E-state index contributed by atoms with van der Waals surface area (Å²) >= 11 is 0. The first-order valence-corrected chi connectivity index (χ1v) is 16.0. The highest BCUT2D eigenvalue weighted by molar-refractivity contribution is 7.15. The van der Waals surface area contributed by atoms with Gasteiger partial charge in [0.1, 0.15) is 23.0 Å². The van der Waals surface area contributed by atoms with Gasteiger partial charge in [-0.05, 0) is 64.7 Å². The maximum atomic E-state index is 6.98. The van der Waals surface area contributed by atoms with Crippen LogP contribution in [0.5, 0.6) is 23.0 Å². The first-order valence-electron chi connectivity index (χ1n) is 13.5. The smallest absolute Gasteiger partial charge is 0.170 e. The lowest BCUT2D eigenvalue weighted by Crippen LogP contribution is -2.71. The largest absolute Gasteiger partial charge is 0.457 e. The predicted octanol–water partition coefficient (Wildman–Crippen LogP) is 7.68. The molecule has 0 saturated heterocycles. The third kappa shape index (κ3) is 2.20. The third-order valence-electron chi connectivity index (χ3n) is 9.15. The topological polar surface area (TPSA) is 21.7 Å². The molecule has 0 unspecified atom stereocenters. The fourth-order valence-corrected chi connectivity index (χ4v) is 12.4. The minimum Gasteiger partial charge on any atom is -0.457 e. The summed E-state index contributed by atoms with van der Waals surface area (Å²) in [5.74, 6) is 3.89. The molecule has 0 spiro atoms. The molecular formula is C35H21NO2Si. The average Bonchev–Trinajstić information content (AvgIpc) is 2.97. The van der Waals surface area contributed by atoms with Crippen molar-refractivity contribution < 1.29 is 9.47 Å². The SMILES string of the molecule is C[Si]12c3c4cccc3N(c3ccccc3)c3cccc(c31)Oc1c2c(c2ccc3cccc5ccc1c2c35)O4. The zero-order valence-electron chi connectivity index (χ0n) is 21.2. The van der Waals surface area contributed by atoms with Crippen molar-refractivity contribution >= 4 is 73.0 Å². The molecule has 7 aromatic carbocycles. The van der Waals surface area contributed by atoms with Crippen LogP contribution in [0.4, 0.5) is 17.1 Å². The van der Waals surface area contributed by atoms with E-state index in [1.165, 1.54) is 59.3 Å². The van der Waals surface area contributed by atoms with Crippen LogP contribution in [-0.2, 0) is 0 Å². The average molecular weight is 516 g/mol. The Labute approximate surface area is 225 Å². The molecule has 0 N–H and O–H groups in total. The molecule has 3 aliphatic heterocycles. The van der Waals surface area contributed by atoms with Gasteiger partial charge in [0, 0.05) is 48.8 Å². The summed E-state index contributed by atoms with van der Waals surface area (Å²) in [6, 6.07) is 39.3. The van der Waals surface area contributed by atoms with Crippen molar-refractivity contribution in [1.29, 1.82) is 0 Å². The second-order valence-corrected chi connectivity index (χ2v) is 14.8. The molecule has 0 saturated carbocycles. The van der Waals surface area contributed by atoms with Gasteiger partial charge in [-0.25, -0.2) is 0 Å². The Morgan fingerprint density at radius 1 is 0.513 bits per heavy atom. The fraction of sp³-hybridized carbons (Fsp3) is 0.0286. The molecule has 3 nitrogen and oxygen atoms in total. The molecular weight excluding hydrogens is 494 g/mol. The van der Waals surface area contributed by atoms with Crippen LogP contribution in [0.1, 0.15) is 0 Å². The molecule has 0 amide bonds. The van der Waals surface area contributed by atoms with Crippen LogP contribution < -0.4 is 29.9 Å². The van der Waals surface area contributed by atoms with Gasteiger partial charge < -0.3 is 14.4 Å². The highest BCUT2D eigenvalue weighted by Gasteiger charge is 2.55. The van der Waals surface area contributed by atoms with Crippen molar-refractivity contribution in [3.05, 3.63) is 109 Å². The van der Waals surface area contributed by atoms with Gasteiger partial charge in [0.15, 0.2) is 8.07 Å². The molecule has 4 heteroatoms. The van der Waals surface area contributed by atoms with E-state index < -0.39 is 8.07 Å². The number of anilines is 3. The van der Waals surface area contributed by atoms with E-state index >= 15 is 0 Å². The highest BCUT2D eigenvalue weighted by atomic mass is 28.3. The number of ether oxygens (including phenoxy) is 2. The van der Waals surface area contributed by atoms with Gasteiger partial charge in [-0.3, -0.25) is 0 Å².